The van der Waals surface area contributed by atoms with Gasteiger partial charge in [0, 0.05) is 5.38 Å². The number of rotatable bonds is 11. The van der Waals surface area contributed by atoms with Gasteiger partial charge in [0.25, 0.3) is 0 Å². The number of alkyl halides is 3. The summed E-state index contributed by atoms with van der Waals surface area (Å²) in [6.45, 7) is 4.21. The molecule has 0 bridgehead atoms. The van der Waals surface area contributed by atoms with Crippen LogP contribution in [-0.4, -0.2) is 30.4 Å². The Kier molecular flexibility index (Phi) is 9.07. The van der Waals surface area contributed by atoms with E-state index < -0.39 is 11.7 Å². The van der Waals surface area contributed by atoms with Gasteiger partial charge in [-0.15, -0.1) is 11.3 Å². The van der Waals surface area contributed by atoms with Gasteiger partial charge in [0.05, 0.1) is 37.1 Å². The predicted molar refractivity (Wildman–Crippen MR) is 127 cm³/mol. The molecule has 2 aromatic carbocycles. The van der Waals surface area contributed by atoms with E-state index in [-0.39, 0.29) is 19.0 Å². The summed E-state index contributed by atoms with van der Waals surface area (Å²) in [7, 11) is 0. The van der Waals surface area contributed by atoms with Crippen molar-refractivity contribution in [2.75, 3.05) is 18.6 Å². The number of hydrogen-bond donors (Lipinski definition) is 1. The number of benzene rings is 2. The van der Waals surface area contributed by atoms with Crippen LogP contribution in [0.5, 0.6) is 11.5 Å². The van der Waals surface area contributed by atoms with Crippen LogP contribution in [-0.2, 0) is 28.7 Å². The molecule has 1 aromatic heterocycles. The summed E-state index contributed by atoms with van der Waals surface area (Å²) in [6.07, 6.45) is -2.76. The highest BCUT2D eigenvalue weighted by Gasteiger charge is 2.30. The maximum Gasteiger partial charge on any atom is 0.416 e. The molecule has 0 spiro atoms. The minimum Gasteiger partial charge on any atom is -0.490 e. The van der Waals surface area contributed by atoms with Crippen LogP contribution in [0.3, 0.4) is 0 Å². The molecule has 0 amide bonds. The van der Waals surface area contributed by atoms with Crippen LogP contribution < -0.4 is 14.9 Å². The molecule has 0 fully saturated rings. The second-order valence-corrected chi connectivity index (χ2v) is 7.98. The Morgan fingerprint density at radius 1 is 1.11 bits per heavy atom. The number of nitrogens with zero attached hydrogens (tertiary/aromatic N) is 2. The molecular weight excluding hydrogens is 483 g/mol. The Morgan fingerprint density at radius 2 is 1.94 bits per heavy atom. The van der Waals surface area contributed by atoms with Crippen LogP contribution in [0.15, 0.2) is 52.9 Å². The first-order chi connectivity index (χ1) is 16.8. The zero-order valence-electron chi connectivity index (χ0n) is 19.1. The molecule has 3 rings (SSSR count). The monoisotopic (exact) mass is 507 g/mol. The summed E-state index contributed by atoms with van der Waals surface area (Å²) in [5.41, 5.74) is 3.77. The van der Waals surface area contributed by atoms with Crippen molar-refractivity contribution in [2.45, 2.75) is 33.1 Å². The summed E-state index contributed by atoms with van der Waals surface area (Å²) in [4.78, 5) is 15.8. The second-order valence-electron chi connectivity index (χ2n) is 7.12. The van der Waals surface area contributed by atoms with Crippen molar-refractivity contribution < 1.29 is 32.2 Å². The van der Waals surface area contributed by atoms with Gasteiger partial charge in [-0.25, -0.2) is 4.98 Å². The van der Waals surface area contributed by atoms with Crippen molar-refractivity contribution in [1.82, 2.24) is 4.98 Å². The number of carbonyl (C=O) groups is 1. The van der Waals surface area contributed by atoms with Crippen LogP contribution in [0.25, 0.3) is 0 Å². The predicted octanol–water partition coefficient (Wildman–Crippen LogP) is 5.69. The quantitative estimate of drug-likeness (QED) is 0.204. The Hall–Kier alpha value is -3.60. The fraction of sp³-hybridized carbons (Fsp3) is 0.292. The number of nitrogens with one attached hydrogen (secondary N) is 1. The largest absolute Gasteiger partial charge is 0.490 e. The molecule has 0 aliphatic heterocycles. The fourth-order valence-electron chi connectivity index (χ4n) is 2.95. The molecule has 7 nitrogen and oxygen atoms in total. The zero-order valence-corrected chi connectivity index (χ0v) is 19.9. The normalized spacial score (nSPS) is 11.5. The highest BCUT2D eigenvalue weighted by molar-refractivity contribution is 7.13. The van der Waals surface area contributed by atoms with Crippen molar-refractivity contribution in [3.63, 3.8) is 0 Å². The number of ether oxygens (including phenoxy) is 3. The van der Waals surface area contributed by atoms with Crippen molar-refractivity contribution in [1.29, 1.82) is 0 Å². The summed E-state index contributed by atoms with van der Waals surface area (Å²) >= 11 is 1.31. The fourth-order valence-corrected chi connectivity index (χ4v) is 3.61. The molecular formula is C24H24F3N3O4S. The number of hydrazone groups is 1. The van der Waals surface area contributed by atoms with E-state index in [1.807, 2.05) is 6.92 Å². The average molecular weight is 508 g/mol. The van der Waals surface area contributed by atoms with Gasteiger partial charge < -0.3 is 14.2 Å². The summed E-state index contributed by atoms with van der Waals surface area (Å²) in [6, 6.07) is 10.1. The molecule has 0 saturated carbocycles. The smallest absolute Gasteiger partial charge is 0.416 e. The maximum atomic E-state index is 12.9. The van der Waals surface area contributed by atoms with E-state index in [2.05, 4.69) is 15.5 Å². The lowest BCUT2D eigenvalue weighted by Crippen LogP contribution is -2.07. The van der Waals surface area contributed by atoms with Gasteiger partial charge in [-0.2, -0.15) is 18.3 Å². The third kappa shape index (κ3) is 7.99. The van der Waals surface area contributed by atoms with Crippen molar-refractivity contribution in [3.05, 3.63) is 70.2 Å². The topological polar surface area (TPSA) is 82.0 Å². The van der Waals surface area contributed by atoms with Crippen LogP contribution in [0.4, 0.5) is 18.3 Å². The highest BCUT2D eigenvalue weighted by Crippen LogP contribution is 2.31. The molecule has 11 heteroatoms. The lowest BCUT2D eigenvalue weighted by molar-refractivity contribution is -0.142. The Morgan fingerprint density at radius 3 is 2.69 bits per heavy atom. The van der Waals surface area contributed by atoms with E-state index in [4.69, 9.17) is 14.2 Å². The minimum absolute atomic E-state index is 0.0445. The van der Waals surface area contributed by atoms with Gasteiger partial charge in [-0.3, -0.25) is 10.2 Å². The standard InChI is InChI=1S/C24H24F3N3O4S/c1-3-32-21-11-16(13-28-30-23-29-19(15-35-23)12-22(31)33-4-2)8-9-20(21)34-14-17-6-5-7-18(10-17)24(25,26)27/h5-11,13,15H,3-4,12,14H2,1-2H3,(H,29,30). The first-order valence-electron chi connectivity index (χ1n) is 10.7. The van der Waals surface area contributed by atoms with Gasteiger partial charge in [-0.1, -0.05) is 12.1 Å². The lowest BCUT2D eigenvalue weighted by atomic mass is 10.1. The summed E-state index contributed by atoms with van der Waals surface area (Å²) in [5, 5.41) is 6.42. The first kappa shape index (κ1) is 26.0. The van der Waals surface area contributed by atoms with Gasteiger partial charge in [0.2, 0.25) is 5.13 Å². The molecule has 0 saturated heterocycles. The molecule has 0 aliphatic rings. The number of carbonyl (C=O) groups excluding carboxylic acids is 1. The Balaban J connectivity index is 1.62. The highest BCUT2D eigenvalue weighted by atomic mass is 32.1. The van der Waals surface area contributed by atoms with Crippen LogP contribution in [0, 0.1) is 0 Å². The molecule has 3 aromatic rings. The molecule has 1 N–H and O–H groups in total. The number of thiazole rings is 1. The number of anilines is 1. The molecule has 0 unspecified atom stereocenters. The molecule has 0 radical (unpaired) electrons. The Labute approximate surface area is 204 Å². The van der Waals surface area contributed by atoms with Gasteiger partial charge in [0.1, 0.15) is 6.61 Å². The number of halogens is 3. The number of esters is 1. The molecule has 0 atom stereocenters. The SMILES string of the molecule is CCOC(=O)Cc1csc(NN=Cc2ccc(OCc3cccc(C(F)(F)F)c3)c(OCC)c2)n1. The lowest BCUT2D eigenvalue weighted by Gasteiger charge is -2.13. The Bertz CT molecular complexity index is 1160. The third-order valence-electron chi connectivity index (χ3n) is 4.47. The van der Waals surface area contributed by atoms with E-state index in [1.165, 1.54) is 17.4 Å². The zero-order chi connectivity index (χ0) is 25.3. The van der Waals surface area contributed by atoms with Crippen molar-refractivity contribution in [2.24, 2.45) is 5.10 Å². The summed E-state index contributed by atoms with van der Waals surface area (Å²) in [5.74, 6) is 0.499. The molecule has 186 valence electrons. The van der Waals surface area contributed by atoms with Gasteiger partial charge >= 0.3 is 12.1 Å². The number of aromatic nitrogens is 1. The van der Waals surface area contributed by atoms with E-state index >= 15 is 0 Å². The van der Waals surface area contributed by atoms with Crippen LogP contribution >= 0.6 is 11.3 Å². The first-order valence-corrected chi connectivity index (χ1v) is 11.6. The van der Waals surface area contributed by atoms with Gasteiger partial charge in [-0.05, 0) is 55.3 Å². The average Bonchev–Trinajstić information content (AvgIpc) is 3.25. The maximum absolute atomic E-state index is 12.9. The minimum atomic E-state index is -4.41. The summed E-state index contributed by atoms with van der Waals surface area (Å²) < 4.78 is 55.0. The molecule has 35 heavy (non-hydrogen) atoms. The van der Waals surface area contributed by atoms with Gasteiger partial charge in [0.15, 0.2) is 11.5 Å². The van der Waals surface area contributed by atoms with Crippen LogP contribution in [0.1, 0.15) is 36.2 Å². The van der Waals surface area contributed by atoms with E-state index in [9.17, 15) is 18.0 Å². The van der Waals surface area contributed by atoms with E-state index in [1.54, 1.807) is 42.8 Å². The third-order valence-corrected chi connectivity index (χ3v) is 5.27. The van der Waals surface area contributed by atoms with Crippen molar-refractivity contribution >= 4 is 28.7 Å². The van der Waals surface area contributed by atoms with E-state index in [0.717, 1.165) is 12.1 Å². The van der Waals surface area contributed by atoms with Crippen LogP contribution in [0.2, 0.25) is 0 Å². The molecule has 0 aliphatic carbocycles. The van der Waals surface area contributed by atoms with Crippen molar-refractivity contribution in [3.8, 4) is 11.5 Å². The number of hydrogen-bond acceptors (Lipinski definition) is 8. The second kappa shape index (κ2) is 12.2. The van der Waals surface area contributed by atoms with E-state index in [0.29, 0.717) is 46.7 Å². The molecule has 1 heterocycles.